The van der Waals surface area contributed by atoms with E-state index in [4.69, 9.17) is 4.74 Å². The molecule has 34 heavy (non-hydrogen) atoms. The van der Waals surface area contributed by atoms with Gasteiger partial charge in [-0.25, -0.2) is 8.42 Å². The Morgan fingerprint density at radius 3 is 2.15 bits per heavy atom. The molecule has 7 nitrogen and oxygen atoms in total. The number of anilines is 1. The van der Waals surface area contributed by atoms with Crippen LogP contribution in [-0.2, 0) is 24.3 Å². The number of benzene rings is 3. The molecule has 0 bridgehead atoms. The highest BCUT2D eigenvalue weighted by Gasteiger charge is 2.30. The third-order valence-electron chi connectivity index (χ3n) is 5.17. The van der Waals surface area contributed by atoms with Crippen molar-refractivity contribution < 1.29 is 22.7 Å². The van der Waals surface area contributed by atoms with Crippen LogP contribution >= 0.6 is 0 Å². The Morgan fingerprint density at radius 1 is 0.882 bits per heavy atom. The Kier molecular flexibility index (Phi) is 8.20. The summed E-state index contributed by atoms with van der Waals surface area (Å²) in [4.78, 5) is 25.2. The molecule has 178 valence electrons. The number of aryl methyl sites for hydroxylation is 1. The number of nitrogens with one attached hydrogen (secondary N) is 2. The van der Waals surface area contributed by atoms with E-state index in [2.05, 4.69) is 10.0 Å². The molecule has 3 aromatic carbocycles. The van der Waals surface area contributed by atoms with E-state index in [1.807, 2.05) is 49.4 Å². The van der Waals surface area contributed by atoms with Gasteiger partial charge in [-0.2, -0.15) is 4.72 Å². The summed E-state index contributed by atoms with van der Waals surface area (Å²) in [5.74, 6) is -1.74. The summed E-state index contributed by atoms with van der Waals surface area (Å²) >= 11 is 0. The molecule has 0 radical (unpaired) electrons. The van der Waals surface area contributed by atoms with E-state index in [0.717, 1.165) is 16.7 Å². The number of rotatable bonds is 9. The van der Waals surface area contributed by atoms with Crippen molar-refractivity contribution in [2.45, 2.75) is 31.7 Å². The molecule has 1 atom stereocenters. The van der Waals surface area contributed by atoms with Gasteiger partial charge in [-0.15, -0.1) is 0 Å². The van der Waals surface area contributed by atoms with Gasteiger partial charge in [-0.1, -0.05) is 80.1 Å². The smallest absolute Gasteiger partial charge is 0.324 e. The van der Waals surface area contributed by atoms with Gasteiger partial charge < -0.3 is 10.1 Å². The van der Waals surface area contributed by atoms with E-state index < -0.39 is 40.5 Å². The minimum atomic E-state index is -3.94. The van der Waals surface area contributed by atoms with Crippen LogP contribution in [0.5, 0.6) is 0 Å². The van der Waals surface area contributed by atoms with Crippen LogP contribution in [0.2, 0.25) is 0 Å². The van der Waals surface area contributed by atoms with Gasteiger partial charge in [-0.3, -0.25) is 9.59 Å². The second kappa shape index (κ2) is 11.1. The van der Waals surface area contributed by atoms with Crippen molar-refractivity contribution in [1.82, 2.24) is 4.72 Å². The maximum Gasteiger partial charge on any atom is 0.324 e. The van der Waals surface area contributed by atoms with Crippen LogP contribution < -0.4 is 10.0 Å². The summed E-state index contributed by atoms with van der Waals surface area (Å²) in [6.07, 6.45) is 0. The fourth-order valence-corrected chi connectivity index (χ4v) is 4.62. The van der Waals surface area contributed by atoms with Gasteiger partial charge in [0.25, 0.3) is 5.91 Å². The number of hydrogen-bond acceptors (Lipinski definition) is 5. The molecule has 0 heterocycles. The van der Waals surface area contributed by atoms with Crippen molar-refractivity contribution in [2.75, 3.05) is 11.9 Å². The number of amides is 1. The first-order chi connectivity index (χ1) is 16.2. The van der Waals surface area contributed by atoms with Crippen LogP contribution in [0.15, 0.2) is 83.8 Å². The molecule has 0 aliphatic rings. The summed E-state index contributed by atoms with van der Waals surface area (Å²) in [6.45, 7) is 4.69. The highest BCUT2D eigenvalue weighted by molar-refractivity contribution is 7.89. The van der Waals surface area contributed by atoms with Gasteiger partial charge in [-0.05, 0) is 36.6 Å². The average molecular weight is 481 g/mol. The fraction of sp³-hybridized carbons (Fsp3) is 0.231. The largest absolute Gasteiger partial charge is 0.454 e. The Labute approximate surface area is 200 Å². The van der Waals surface area contributed by atoms with E-state index in [1.165, 1.54) is 12.1 Å². The van der Waals surface area contributed by atoms with Gasteiger partial charge in [0.05, 0.1) is 4.90 Å². The zero-order chi connectivity index (χ0) is 24.7. The average Bonchev–Trinajstić information content (AvgIpc) is 2.82. The summed E-state index contributed by atoms with van der Waals surface area (Å²) in [5.41, 5.74) is 3.25. The van der Waals surface area contributed by atoms with Crippen molar-refractivity contribution in [2.24, 2.45) is 5.92 Å². The van der Waals surface area contributed by atoms with Crippen LogP contribution in [0.3, 0.4) is 0 Å². The standard InChI is InChI=1S/C26H28N2O5S/c1-18(2)25(28-34(31,32)21-15-13-19(3)14-16-21)26(30)33-17-24(29)27-23-12-8-7-11-22(23)20-9-5-4-6-10-20/h4-16,18,25,28H,17H2,1-3H3,(H,27,29)/t25-/m1/s1. The molecule has 0 aliphatic heterocycles. The molecule has 3 rings (SSSR count). The van der Waals surface area contributed by atoms with Crippen LogP contribution in [0.1, 0.15) is 19.4 Å². The molecular weight excluding hydrogens is 452 g/mol. The summed E-state index contributed by atoms with van der Waals surface area (Å²) < 4.78 is 33.0. The highest BCUT2D eigenvalue weighted by Crippen LogP contribution is 2.27. The number of ether oxygens (including phenoxy) is 1. The summed E-state index contributed by atoms with van der Waals surface area (Å²) in [7, 11) is -3.94. The molecule has 0 saturated heterocycles. The number of hydrogen-bond donors (Lipinski definition) is 2. The Bertz CT molecular complexity index is 1240. The molecule has 0 spiro atoms. The van der Waals surface area contributed by atoms with E-state index in [-0.39, 0.29) is 4.90 Å². The monoisotopic (exact) mass is 480 g/mol. The second-order valence-corrected chi connectivity index (χ2v) is 9.94. The van der Waals surface area contributed by atoms with E-state index in [1.54, 1.807) is 38.1 Å². The third-order valence-corrected chi connectivity index (χ3v) is 6.62. The van der Waals surface area contributed by atoms with Crippen LogP contribution in [-0.4, -0.2) is 32.9 Å². The second-order valence-electron chi connectivity index (χ2n) is 8.22. The number of carbonyl (C=O) groups is 2. The molecule has 0 fully saturated rings. The van der Waals surface area contributed by atoms with Gasteiger partial charge in [0.1, 0.15) is 6.04 Å². The van der Waals surface area contributed by atoms with Gasteiger partial charge in [0.2, 0.25) is 10.0 Å². The minimum absolute atomic E-state index is 0.0480. The Morgan fingerprint density at radius 2 is 1.50 bits per heavy atom. The maximum absolute atomic E-state index is 12.7. The lowest BCUT2D eigenvalue weighted by molar-refractivity contribution is -0.150. The molecule has 0 unspecified atom stereocenters. The lowest BCUT2D eigenvalue weighted by Crippen LogP contribution is -2.45. The zero-order valence-electron chi connectivity index (χ0n) is 19.3. The third kappa shape index (κ3) is 6.52. The molecular formula is C26H28N2O5S. The van der Waals surface area contributed by atoms with Gasteiger partial charge in [0, 0.05) is 11.3 Å². The quantitative estimate of drug-likeness (QED) is 0.448. The molecule has 8 heteroatoms. The van der Waals surface area contributed by atoms with Crippen LogP contribution in [0.4, 0.5) is 5.69 Å². The first-order valence-electron chi connectivity index (χ1n) is 10.9. The molecule has 2 N–H and O–H groups in total. The zero-order valence-corrected chi connectivity index (χ0v) is 20.1. The first-order valence-corrected chi connectivity index (χ1v) is 12.4. The normalized spacial score (nSPS) is 12.2. The van der Waals surface area contributed by atoms with E-state index in [0.29, 0.717) is 5.69 Å². The lowest BCUT2D eigenvalue weighted by Gasteiger charge is -2.21. The van der Waals surface area contributed by atoms with Gasteiger partial charge >= 0.3 is 5.97 Å². The first kappa shape index (κ1) is 25.1. The lowest BCUT2D eigenvalue weighted by atomic mass is 10.0. The number of sulfonamides is 1. The van der Waals surface area contributed by atoms with Crippen molar-refractivity contribution >= 4 is 27.6 Å². The van der Waals surface area contributed by atoms with E-state index >= 15 is 0 Å². The fourth-order valence-electron chi connectivity index (χ4n) is 3.28. The maximum atomic E-state index is 12.7. The summed E-state index contributed by atoms with van der Waals surface area (Å²) in [6, 6.07) is 22.0. The Balaban J connectivity index is 1.65. The molecule has 0 aromatic heterocycles. The van der Waals surface area contributed by atoms with Crippen molar-refractivity contribution in [3.8, 4) is 11.1 Å². The van der Waals surface area contributed by atoms with Crippen molar-refractivity contribution in [3.63, 3.8) is 0 Å². The summed E-state index contributed by atoms with van der Waals surface area (Å²) in [5, 5.41) is 2.76. The number of esters is 1. The van der Waals surface area contributed by atoms with Crippen molar-refractivity contribution in [3.05, 3.63) is 84.4 Å². The Hall–Kier alpha value is -3.49. The number of para-hydroxylation sites is 1. The highest BCUT2D eigenvalue weighted by atomic mass is 32.2. The molecule has 0 aliphatic carbocycles. The molecule has 1 amide bonds. The molecule has 3 aromatic rings. The predicted molar refractivity (Wildman–Crippen MR) is 132 cm³/mol. The van der Waals surface area contributed by atoms with Crippen LogP contribution in [0, 0.1) is 12.8 Å². The molecule has 0 saturated carbocycles. The van der Waals surface area contributed by atoms with Crippen LogP contribution in [0.25, 0.3) is 11.1 Å². The topological polar surface area (TPSA) is 102 Å². The number of carbonyl (C=O) groups excluding carboxylic acids is 2. The van der Waals surface area contributed by atoms with Gasteiger partial charge in [0.15, 0.2) is 6.61 Å². The van der Waals surface area contributed by atoms with E-state index in [9.17, 15) is 18.0 Å². The SMILES string of the molecule is Cc1ccc(S(=O)(=O)N[C@@H](C(=O)OCC(=O)Nc2ccccc2-c2ccccc2)C(C)C)cc1. The van der Waals surface area contributed by atoms with Crippen molar-refractivity contribution in [1.29, 1.82) is 0 Å². The minimum Gasteiger partial charge on any atom is -0.454 e. The predicted octanol–water partition coefficient (Wildman–Crippen LogP) is 4.15.